The largest absolute Gasteiger partial charge is 0.416 e. The Balaban J connectivity index is 1.50. The number of aromatic nitrogens is 5. The van der Waals surface area contributed by atoms with Gasteiger partial charge in [0.15, 0.2) is 11.5 Å². The molecule has 3 heterocycles. The fourth-order valence-electron chi connectivity index (χ4n) is 3.70. The number of fused-ring (bicyclic) bond motifs is 1. The van der Waals surface area contributed by atoms with E-state index in [4.69, 9.17) is 0 Å². The third-order valence-electron chi connectivity index (χ3n) is 5.40. The number of imidazole rings is 1. The van der Waals surface area contributed by atoms with Crippen molar-refractivity contribution in [3.8, 4) is 16.9 Å². The van der Waals surface area contributed by atoms with E-state index in [0.717, 1.165) is 12.1 Å². The standard InChI is InChI=1S/C24H18F4N6/c1-14-5-6-16(24(26,27)28)10-18(14)21-12-33-9-3-4-20(23(33)31-21)30-17-7-8-22(19(25)11-17)34-13-29-15(2)32-34/h3-13,30H,1-2H3. The highest BCUT2D eigenvalue weighted by Crippen LogP contribution is 2.34. The van der Waals surface area contributed by atoms with E-state index in [1.165, 1.54) is 23.1 Å². The highest BCUT2D eigenvalue weighted by atomic mass is 19.4. The molecule has 0 bridgehead atoms. The number of pyridine rings is 1. The Morgan fingerprint density at radius 2 is 1.82 bits per heavy atom. The molecular weight excluding hydrogens is 448 g/mol. The SMILES string of the molecule is Cc1ncn(-c2ccc(Nc3cccn4cc(-c5cc(C(F)(F)F)ccc5C)nc34)cc2F)n1. The number of nitrogens with one attached hydrogen (secondary N) is 1. The molecule has 0 spiro atoms. The van der Waals surface area contributed by atoms with E-state index in [2.05, 4.69) is 20.4 Å². The minimum atomic E-state index is -4.45. The average molecular weight is 466 g/mol. The van der Waals surface area contributed by atoms with Crippen molar-refractivity contribution in [2.24, 2.45) is 0 Å². The Morgan fingerprint density at radius 1 is 1.00 bits per heavy atom. The van der Waals surface area contributed by atoms with E-state index < -0.39 is 17.6 Å². The van der Waals surface area contributed by atoms with E-state index in [0.29, 0.717) is 39.7 Å². The molecule has 0 radical (unpaired) electrons. The number of benzene rings is 2. The van der Waals surface area contributed by atoms with Crippen LogP contribution in [0.5, 0.6) is 0 Å². The Labute approximate surface area is 191 Å². The van der Waals surface area contributed by atoms with Crippen LogP contribution in [0.4, 0.5) is 28.9 Å². The second-order valence-corrected chi connectivity index (χ2v) is 7.83. The molecule has 6 nitrogen and oxygen atoms in total. The summed E-state index contributed by atoms with van der Waals surface area (Å²) < 4.78 is 57.5. The van der Waals surface area contributed by atoms with Crippen molar-refractivity contribution >= 4 is 17.0 Å². The smallest absolute Gasteiger partial charge is 0.352 e. The van der Waals surface area contributed by atoms with Gasteiger partial charge in [-0.05, 0) is 61.9 Å². The minimum Gasteiger partial charge on any atom is -0.352 e. The lowest BCUT2D eigenvalue weighted by molar-refractivity contribution is -0.137. The highest BCUT2D eigenvalue weighted by molar-refractivity contribution is 5.77. The van der Waals surface area contributed by atoms with E-state index in [9.17, 15) is 17.6 Å². The summed E-state index contributed by atoms with van der Waals surface area (Å²) in [4.78, 5) is 8.58. The van der Waals surface area contributed by atoms with E-state index >= 15 is 0 Å². The summed E-state index contributed by atoms with van der Waals surface area (Å²) in [5.41, 5.74) is 2.53. The molecule has 5 rings (SSSR count). The second-order valence-electron chi connectivity index (χ2n) is 7.83. The van der Waals surface area contributed by atoms with E-state index in [-0.39, 0.29) is 5.69 Å². The van der Waals surface area contributed by atoms with Crippen molar-refractivity contribution in [1.82, 2.24) is 24.1 Å². The minimum absolute atomic E-state index is 0.257. The van der Waals surface area contributed by atoms with Crippen LogP contribution >= 0.6 is 0 Å². The monoisotopic (exact) mass is 466 g/mol. The van der Waals surface area contributed by atoms with Gasteiger partial charge in [-0.25, -0.2) is 19.0 Å². The summed E-state index contributed by atoms with van der Waals surface area (Å²) in [6, 6.07) is 11.7. The molecule has 0 saturated carbocycles. The summed E-state index contributed by atoms with van der Waals surface area (Å²) >= 11 is 0. The molecule has 0 unspecified atom stereocenters. The fraction of sp³-hybridized carbons (Fsp3) is 0.125. The number of anilines is 2. The summed E-state index contributed by atoms with van der Waals surface area (Å²) in [5.74, 6) is 0.0323. The summed E-state index contributed by atoms with van der Waals surface area (Å²) in [6.07, 6.45) is 0.398. The summed E-state index contributed by atoms with van der Waals surface area (Å²) in [7, 11) is 0. The van der Waals surface area contributed by atoms with Crippen LogP contribution in [0.3, 0.4) is 0 Å². The molecule has 0 aliphatic heterocycles. The first-order chi connectivity index (χ1) is 16.2. The first-order valence-electron chi connectivity index (χ1n) is 10.3. The lowest BCUT2D eigenvalue weighted by Crippen LogP contribution is -2.05. The molecule has 1 N–H and O–H groups in total. The predicted octanol–water partition coefficient (Wildman–Crippen LogP) is 6.10. The van der Waals surface area contributed by atoms with Crippen molar-refractivity contribution in [3.63, 3.8) is 0 Å². The number of aryl methyl sites for hydroxylation is 2. The van der Waals surface area contributed by atoms with Crippen LogP contribution in [0.25, 0.3) is 22.6 Å². The van der Waals surface area contributed by atoms with Gasteiger partial charge in [0.2, 0.25) is 0 Å². The van der Waals surface area contributed by atoms with Crippen molar-refractivity contribution < 1.29 is 17.6 Å². The van der Waals surface area contributed by atoms with Crippen molar-refractivity contribution in [2.75, 3.05) is 5.32 Å². The number of nitrogens with zero attached hydrogens (tertiary/aromatic N) is 5. The fourth-order valence-corrected chi connectivity index (χ4v) is 3.70. The van der Waals surface area contributed by atoms with Gasteiger partial charge in [-0.2, -0.15) is 18.3 Å². The normalized spacial score (nSPS) is 11.8. The molecule has 34 heavy (non-hydrogen) atoms. The maximum atomic E-state index is 14.7. The van der Waals surface area contributed by atoms with Gasteiger partial charge < -0.3 is 9.72 Å². The Kier molecular flexibility index (Phi) is 5.07. The highest BCUT2D eigenvalue weighted by Gasteiger charge is 2.31. The quantitative estimate of drug-likeness (QED) is 0.325. The number of halogens is 4. The molecule has 5 aromatic rings. The number of hydrogen-bond donors (Lipinski definition) is 1. The zero-order valence-corrected chi connectivity index (χ0v) is 18.1. The summed E-state index contributed by atoms with van der Waals surface area (Å²) in [5, 5.41) is 7.26. The molecule has 0 atom stereocenters. The van der Waals surface area contributed by atoms with Gasteiger partial charge in [-0.15, -0.1) is 0 Å². The summed E-state index contributed by atoms with van der Waals surface area (Å²) in [6.45, 7) is 3.45. The number of hydrogen-bond acceptors (Lipinski definition) is 4. The van der Waals surface area contributed by atoms with E-state index in [1.54, 1.807) is 54.9 Å². The molecule has 172 valence electrons. The van der Waals surface area contributed by atoms with Crippen LogP contribution < -0.4 is 5.32 Å². The van der Waals surface area contributed by atoms with Gasteiger partial charge in [0.25, 0.3) is 0 Å². The van der Waals surface area contributed by atoms with Crippen LogP contribution in [-0.4, -0.2) is 24.1 Å². The molecule has 3 aromatic heterocycles. The number of rotatable bonds is 4. The number of alkyl halides is 3. The van der Waals surface area contributed by atoms with E-state index in [1.807, 2.05) is 0 Å². The van der Waals surface area contributed by atoms with Crippen molar-refractivity contribution in [2.45, 2.75) is 20.0 Å². The van der Waals surface area contributed by atoms with Crippen molar-refractivity contribution in [1.29, 1.82) is 0 Å². The first kappa shape index (κ1) is 21.6. The van der Waals surface area contributed by atoms with Crippen LogP contribution in [-0.2, 0) is 6.18 Å². The maximum absolute atomic E-state index is 14.7. The molecule has 10 heteroatoms. The molecule has 0 fully saturated rings. The maximum Gasteiger partial charge on any atom is 0.416 e. The molecular formula is C24H18F4N6. The van der Waals surface area contributed by atoms with Crippen LogP contribution in [0.15, 0.2) is 67.3 Å². The first-order valence-corrected chi connectivity index (χ1v) is 10.3. The van der Waals surface area contributed by atoms with Gasteiger partial charge in [0.05, 0.1) is 16.9 Å². The van der Waals surface area contributed by atoms with Gasteiger partial charge in [-0.3, -0.25) is 0 Å². The van der Waals surface area contributed by atoms with Gasteiger partial charge in [0.1, 0.15) is 17.8 Å². The van der Waals surface area contributed by atoms with Crippen LogP contribution in [0, 0.1) is 19.7 Å². The molecule has 0 aliphatic carbocycles. The predicted molar refractivity (Wildman–Crippen MR) is 120 cm³/mol. The third kappa shape index (κ3) is 3.98. The molecule has 0 amide bonds. The lowest BCUT2D eigenvalue weighted by Gasteiger charge is -2.10. The molecule has 0 saturated heterocycles. The molecule has 2 aromatic carbocycles. The topological polar surface area (TPSA) is 60.0 Å². The zero-order chi connectivity index (χ0) is 24.0. The van der Waals surface area contributed by atoms with Gasteiger partial charge in [-0.1, -0.05) is 6.07 Å². The van der Waals surface area contributed by atoms with Crippen LogP contribution in [0.2, 0.25) is 0 Å². The van der Waals surface area contributed by atoms with Crippen LogP contribution in [0.1, 0.15) is 17.0 Å². The lowest BCUT2D eigenvalue weighted by atomic mass is 10.0. The Morgan fingerprint density at radius 3 is 2.53 bits per heavy atom. The van der Waals surface area contributed by atoms with Gasteiger partial charge >= 0.3 is 6.18 Å². The zero-order valence-electron chi connectivity index (χ0n) is 18.1. The molecule has 0 aliphatic rings. The average Bonchev–Trinajstić information content (AvgIpc) is 3.40. The Bertz CT molecular complexity index is 1520. The third-order valence-corrected chi connectivity index (χ3v) is 5.40. The van der Waals surface area contributed by atoms with Crippen molar-refractivity contribution in [3.05, 3.63) is 90.0 Å². The Hall–Kier alpha value is -4.21. The van der Waals surface area contributed by atoms with Gasteiger partial charge in [0, 0.05) is 23.6 Å². The second kappa shape index (κ2) is 7.98.